The van der Waals surface area contributed by atoms with Crippen LogP contribution < -0.4 is 0 Å². The van der Waals surface area contributed by atoms with Gasteiger partial charge >= 0.3 is 0 Å². The summed E-state index contributed by atoms with van der Waals surface area (Å²) in [5, 5.41) is 1.08. The number of nitrogens with zero attached hydrogens (tertiary/aromatic N) is 4. The van der Waals surface area contributed by atoms with Gasteiger partial charge in [-0.15, -0.1) is 0 Å². The molecule has 0 saturated heterocycles. The minimum Gasteiger partial charge on any atom is -0.256 e. The SMILES string of the molecule is c1cnc2ccc(-c3ncncn3)cc2c1. The first-order chi connectivity index (χ1) is 7.93. The maximum atomic E-state index is 4.26. The number of aromatic nitrogens is 4. The molecule has 0 radical (unpaired) electrons. The Morgan fingerprint density at radius 2 is 1.75 bits per heavy atom. The number of fused-ring (bicyclic) bond motifs is 1. The Hall–Kier alpha value is -2.36. The number of benzene rings is 1. The smallest absolute Gasteiger partial charge is 0.162 e. The summed E-state index contributed by atoms with van der Waals surface area (Å²) >= 11 is 0. The van der Waals surface area contributed by atoms with Gasteiger partial charge in [0.05, 0.1) is 5.52 Å². The molecule has 0 saturated carbocycles. The Balaban J connectivity index is 2.19. The van der Waals surface area contributed by atoms with Crippen LogP contribution in [0, 0.1) is 0 Å². The molecule has 0 N–H and O–H groups in total. The van der Waals surface area contributed by atoms with Gasteiger partial charge in [0.25, 0.3) is 0 Å². The van der Waals surface area contributed by atoms with E-state index in [0.717, 1.165) is 16.5 Å². The van der Waals surface area contributed by atoms with Crippen LogP contribution >= 0.6 is 0 Å². The zero-order chi connectivity index (χ0) is 10.8. The van der Waals surface area contributed by atoms with Crippen LogP contribution in [0.15, 0.2) is 49.2 Å². The van der Waals surface area contributed by atoms with Crippen molar-refractivity contribution in [2.24, 2.45) is 0 Å². The van der Waals surface area contributed by atoms with Crippen molar-refractivity contribution in [3.05, 3.63) is 49.2 Å². The summed E-state index contributed by atoms with van der Waals surface area (Å²) in [4.78, 5) is 16.3. The molecule has 0 unspecified atom stereocenters. The molecule has 0 bridgehead atoms. The third-order valence-electron chi connectivity index (χ3n) is 2.35. The third kappa shape index (κ3) is 1.50. The Bertz CT molecular complexity index is 622. The first kappa shape index (κ1) is 8.91. The number of rotatable bonds is 1. The standard InChI is InChI=1S/C12H8N4/c1-2-9-6-10(3-4-11(9)14-5-1)12-15-7-13-8-16-12/h1-8H. The van der Waals surface area contributed by atoms with E-state index in [2.05, 4.69) is 19.9 Å². The summed E-state index contributed by atoms with van der Waals surface area (Å²) in [5.74, 6) is 0.681. The summed E-state index contributed by atoms with van der Waals surface area (Å²) < 4.78 is 0. The second-order valence-electron chi connectivity index (χ2n) is 3.37. The Morgan fingerprint density at radius 1 is 0.875 bits per heavy atom. The van der Waals surface area contributed by atoms with E-state index in [1.165, 1.54) is 12.7 Å². The molecule has 3 rings (SSSR count). The second kappa shape index (κ2) is 3.66. The monoisotopic (exact) mass is 208 g/mol. The predicted octanol–water partition coefficient (Wildman–Crippen LogP) is 2.09. The average Bonchev–Trinajstić information content (AvgIpc) is 2.39. The van der Waals surface area contributed by atoms with Gasteiger partial charge in [0.1, 0.15) is 12.7 Å². The van der Waals surface area contributed by atoms with E-state index in [0.29, 0.717) is 5.82 Å². The maximum absolute atomic E-state index is 4.26. The van der Waals surface area contributed by atoms with Crippen molar-refractivity contribution in [2.75, 3.05) is 0 Å². The van der Waals surface area contributed by atoms with E-state index >= 15 is 0 Å². The Kier molecular flexibility index (Phi) is 2.04. The van der Waals surface area contributed by atoms with Crippen LogP contribution in [0.4, 0.5) is 0 Å². The maximum Gasteiger partial charge on any atom is 0.162 e. The van der Waals surface area contributed by atoms with E-state index in [1.54, 1.807) is 6.20 Å². The van der Waals surface area contributed by atoms with Gasteiger partial charge in [-0.2, -0.15) is 0 Å². The molecule has 0 fully saturated rings. The summed E-state index contributed by atoms with van der Waals surface area (Å²) in [6, 6.07) is 9.89. The molecule has 0 amide bonds. The van der Waals surface area contributed by atoms with E-state index < -0.39 is 0 Å². The molecule has 0 aliphatic heterocycles. The largest absolute Gasteiger partial charge is 0.256 e. The van der Waals surface area contributed by atoms with Crippen LogP contribution in [0.5, 0.6) is 0 Å². The Labute approximate surface area is 92.0 Å². The van der Waals surface area contributed by atoms with Crippen LogP contribution in [-0.2, 0) is 0 Å². The lowest BCUT2D eigenvalue weighted by Gasteiger charge is -2.00. The molecular formula is C12H8N4. The van der Waals surface area contributed by atoms with Gasteiger partial charge in [0.15, 0.2) is 5.82 Å². The fourth-order valence-corrected chi connectivity index (χ4v) is 1.60. The van der Waals surface area contributed by atoms with E-state index in [-0.39, 0.29) is 0 Å². The zero-order valence-electron chi connectivity index (χ0n) is 8.41. The molecule has 4 heteroatoms. The van der Waals surface area contributed by atoms with Crippen molar-refractivity contribution in [2.45, 2.75) is 0 Å². The third-order valence-corrected chi connectivity index (χ3v) is 2.35. The highest BCUT2D eigenvalue weighted by Gasteiger charge is 2.01. The lowest BCUT2D eigenvalue weighted by Crippen LogP contribution is -1.89. The predicted molar refractivity (Wildman–Crippen MR) is 60.6 cm³/mol. The first-order valence-electron chi connectivity index (χ1n) is 4.91. The number of hydrogen-bond donors (Lipinski definition) is 0. The number of pyridine rings is 1. The zero-order valence-corrected chi connectivity index (χ0v) is 8.41. The molecule has 2 heterocycles. The highest BCUT2D eigenvalue weighted by Crippen LogP contribution is 2.19. The average molecular weight is 208 g/mol. The molecule has 0 aliphatic carbocycles. The van der Waals surface area contributed by atoms with E-state index in [9.17, 15) is 0 Å². The fourth-order valence-electron chi connectivity index (χ4n) is 1.60. The van der Waals surface area contributed by atoms with Gasteiger partial charge in [-0.25, -0.2) is 15.0 Å². The highest BCUT2D eigenvalue weighted by molar-refractivity contribution is 5.82. The lowest BCUT2D eigenvalue weighted by atomic mass is 10.1. The van der Waals surface area contributed by atoms with Gasteiger partial charge in [-0.05, 0) is 24.3 Å². The minimum absolute atomic E-state index is 0.681. The van der Waals surface area contributed by atoms with Crippen LogP contribution in [0.3, 0.4) is 0 Å². The van der Waals surface area contributed by atoms with Gasteiger partial charge in [-0.3, -0.25) is 4.98 Å². The van der Waals surface area contributed by atoms with Crippen molar-refractivity contribution in [3.63, 3.8) is 0 Å². The van der Waals surface area contributed by atoms with Crippen LogP contribution in [0.25, 0.3) is 22.3 Å². The molecule has 0 atom stereocenters. The van der Waals surface area contributed by atoms with Crippen LogP contribution in [-0.4, -0.2) is 19.9 Å². The molecule has 3 aromatic rings. The minimum atomic E-state index is 0.681. The normalized spacial score (nSPS) is 10.5. The molecule has 0 aliphatic rings. The Morgan fingerprint density at radius 3 is 2.62 bits per heavy atom. The number of hydrogen-bond acceptors (Lipinski definition) is 4. The van der Waals surface area contributed by atoms with Crippen molar-refractivity contribution in [3.8, 4) is 11.4 Å². The summed E-state index contributed by atoms with van der Waals surface area (Å²) in [7, 11) is 0. The van der Waals surface area contributed by atoms with E-state index in [4.69, 9.17) is 0 Å². The quantitative estimate of drug-likeness (QED) is 0.614. The van der Waals surface area contributed by atoms with Gasteiger partial charge in [0, 0.05) is 17.1 Å². The second-order valence-corrected chi connectivity index (χ2v) is 3.37. The topological polar surface area (TPSA) is 51.6 Å². The van der Waals surface area contributed by atoms with Crippen LogP contribution in [0.2, 0.25) is 0 Å². The molecule has 4 nitrogen and oxygen atoms in total. The molecule has 0 spiro atoms. The molecule has 76 valence electrons. The van der Waals surface area contributed by atoms with Crippen molar-refractivity contribution >= 4 is 10.9 Å². The first-order valence-corrected chi connectivity index (χ1v) is 4.91. The molecule has 2 aromatic heterocycles. The summed E-state index contributed by atoms with van der Waals surface area (Å²) in [6.07, 6.45) is 4.77. The van der Waals surface area contributed by atoms with Crippen molar-refractivity contribution in [1.29, 1.82) is 0 Å². The summed E-state index contributed by atoms with van der Waals surface area (Å²) in [6.45, 7) is 0. The summed E-state index contributed by atoms with van der Waals surface area (Å²) in [5.41, 5.74) is 1.95. The molecule has 16 heavy (non-hydrogen) atoms. The fraction of sp³-hybridized carbons (Fsp3) is 0. The highest BCUT2D eigenvalue weighted by atomic mass is 15.0. The molecular weight excluding hydrogens is 200 g/mol. The van der Waals surface area contributed by atoms with Crippen molar-refractivity contribution in [1.82, 2.24) is 19.9 Å². The van der Waals surface area contributed by atoms with Crippen LogP contribution in [0.1, 0.15) is 0 Å². The van der Waals surface area contributed by atoms with Gasteiger partial charge in [-0.1, -0.05) is 6.07 Å². The lowest BCUT2D eigenvalue weighted by molar-refractivity contribution is 1.06. The van der Waals surface area contributed by atoms with Crippen molar-refractivity contribution < 1.29 is 0 Å². The van der Waals surface area contributed by atoms with Gasteiger partial charge in [0.2, 0.25) is 0 Å². The van der Waals surface area contributed by atoms with Gasteiger partial charge < -0.3 is 0 Å². The van der Waals surface area contributed by atoms with E-state index in [1.807, 2.05) is 30.3 Å². The molecule has 1 aromatic carbocycles.